The summed E-state index contributed by atoms with van der Waals surface area (Å²) in [5.74, 6) is -2.32. The fraction of sp³-hybridized carbons (Fsp3) is 0.417. The lowest BCUT2D eigenvalue weighted by atomic mass is 10.0. The summed E-state index contributed by atoms with van der Waals surface area (Å²) in [4.78, 5) is 11.2. The molecule has 1 N–H and O–H groups in total. The van der Waals surface area contributed by atoms with E-state index in [0.717, 1.165) is 6.07 Å². The summed E-state index contributed by atoms with van der Waals surface area (Å²) in [6.07, 6.45) is -0.0370. The number of carbonyl (C=O) groups excluding carboxylic acids is 1. The third kappa shape index (κ3) is 3.49. The molecule has 0 aliphatic carbocycles. The van der Waals surface area contributed by atoms with Crippen molar-refractivity contribution in [2.75, 3.05) is 13.7 Å². The molecule has 0 amide bonds. The van der Waals surface area contributed by atoms with Gasteiger partial charge in [-0.15, -0.1) is 0 Å². The first kappa shape index (κ1) is 13.6. The Labute approximate surface area is 98.8 Å². The minimum absolute atomic E-state index is 0.0370. The Bertz CT molecular complexity index is 396. The van der Waals surface area contributed by atoms with Crippen molar-refractivity contribution < 1.29 is 18.3 Å². The van der Waals surface area contributed by atoms with Gasteiger partial charge in [0.25, 0.3) is 0 Å². The van der Waals surface area contributed by atoms with Crippen LogP contribution in [-0.2, 0) is 9.53 Å². The van der Waals surface area contributed by atoms with Crippen molar-refractivity contribution in [2.45, 2.75) is 19.4 Å². The average molecular weight is 243 g/mol. The summed E-state index contributed by atoms with van der Waals surface area (Å²) in [5, 5.41) is 2.92. The standard InChI is InChI=1S/C12H15F2NO2/c1-3-15-10(7-11(16)17-2)8-5-4-6-9(13)12(8)14/h4-6,10,15H,3,7H2,1-2H3. The lowest BCUT2D eigenvalue weighted by molar-refractivity contribution is -0.141. The number of halogens is 2. The molecule has 1 aromatic carbocycles. The van der Waals surface area contributed by atoms with Gasteiger partial charge in [0, 0.05) is 11.6 Å². The van der Waals surface area contributed by atoms with Gasteiger partial charge >= 0.3 is 5.97 Å². The predicted octanol–water partition coefficient (Wildman–Crippen LogP) is 2.18. The van der Waals surface area contributed by atoms with E-state index in [0.29, 0.717) is 6.54 Å². The molecule has 94 valence electrons. The summed E-state index contributed by atoms with van der Waals surface area (Å²) in [7, 11) is 1.26. The van der Waals surface area contributed by atoms with Gasteiger partial charge in [-0.1, -0.05) is 19.1 Å². The van der Waals surface area contributed by atoms with Crippen LogP contribution in [0.4, 0.5) is 8.78 Å². The normalized spacial score (nSPS) is 12.2. The molecular weight excluding hydrogens is 228 g/mol. The molecule has 1 atom stereocenters. The van der Waals surface area contributed by atoms with Crippen molar-refractivity contribution in [3.63, 3.8) is 0 Å². The number of carbonyl (C=O) groups is 1. The number of rotatable bonds is 5. The smallest absolute Gasteiger partial charge is 0.307 e. The second-order valence-corrected chi connectivity index (χ2v) is 3.53. The highest BCUT2D eigenvalue weighted by Crippen LogP contribution is 2.22. The Morgan fingerprint density at radius 1 is 1.47 bits per heavy atom. The molecule has 0 saturated heterocycles. The molecule has 0 aromatic heterocycles. The SMILES string of the molecule is CCNC(CC(=O)OC)c1cccc(F)c1F. The summed E-state index contributed by atoms with van der Waals surface area (Å²) in [5.41, 5.74) is 0.136. The van der Waals surface area contributed by atoms with Crippen LogP contribution in [0.15, 0.2) is 18.2 Å². The Hall–Kier alpha value is -1.49. The number of methoxy groups -OCH3 is 1. The highest BCUT2D eigenvalue weighted by molar-refractivity contribution is 5.70. The first-order valence-corrected chi connectivity index (χ1v) is 5.34. The zero-order valence-corrected chi connectivity index (χ0v) is 9.80. The molecule has 0 spiro atoms. The van der Waals surface area contributed by atoms with E-state index in [1.54, 1.807) is 0 Å². The summed E-state index contributed by atoms with van der Waals surface area (Å²) < 4.78 is 31.2. The van der Waals surface area contributed by atoms with Crippen LogP contribution in [0.2, 0.25) is 0 Å². The number of benzene rings is 1. The van der Waals surface area contributed by atoms with E-state index in [9.17, 15) is 13.6 Å². The van der Waals surface area contributed by atoms with Crippen molar-refractivity contribution in [3.05, 3.63) is 35.4 Å². The Morgan fingerprint density at radius 3 is 2.76 bits per heavy atom. The highest BCUT2D eigenvalue weighted by atomic mass is 19.2. The lowest BCUT2D eigenvalue weighted by Crippen LogP contribution is -2.25. The van der Waals surface area contributed by atoms with E-state index >= 15 is 0 Å². The van der Waals surface area contributed by atoms with Crippen LogP contribution in [0.3, 0.4) is 0 Å². The van der Waals surface area contributed by atoms with Crippen LogP contribution in [0.5, 0.6) is 0 Å². The van der Waals surface area contributed by atoms with Gasteiger partial charge in [0.1, 0.15) is 0 Å². The molecule has 0 radical (unpaired) electrons. The summed E-state index contributed by atoms with van der Waals surface area (Å²) >= 11 is 0. The van der Waals surface area contributed by atoms with Gasteiger partial charge in [0.15, 0.2) is 11.6 Å². The van der Waals surface area contributed by atoms with Gasteiger partial charge < -0.3 is 10.1 Å². The zero-order chi connectivity index (χ0) is 12.8. The van der Waals surface area contributed by atoms with Crippen molar-refractivity contribution >= 4 is 5.97 Å². The Kier molecular flexibility index (Phi) is 5.03. The third-order valence-corrected chi connectivity index (χ3v) is 2.41. The van der Waals surface area contributed by atoms with Crippen LogP contribution in [-0.4, -0.2) is 19.6 Å². The van der Waals surface area contributed by atoms with Crippen LogP contribution in [0.1, 0.15) is 24.9 Å². The number of esters is 1. The van der Waals surface area contributed by atoms with E-state index in [2.05, 4.69) is 10.1 Å². The molecule has 0 fully saturated rings. The summed E-state index contributed by atoms with van der Waals surface area (Å²) in [6, 6.07) is 3.33. The van der Waals surface area contributed by atoms with E-state index in [1.807, 2.05) is 6.92 Å². The van der Waals surface area contributed by atoms with Crippen LogP contribution in [0, 0.1) is 11.6 Å². The van der Waals surface area contributed by atoms with E-state index in [4.69, 9.17) is 0 Å². The number of ether oxygens (including phenoxy) is 1. The van der Waals surface area contributed by atoms with Crippen LogP contribution in [0.25, 0.3) is 0 Å². The zero-order valence-electron chi connectivity index (χ0n) is 9.80. The number of hydrogen-bond acceptors (Lipinski definition) is 3. The highest BCUT2D eigenvalue weighted by Gasteiger charge is 2.20. The van der Waals surface area contributed by atoms with Gasteiger partial charge in [-0.05, 0) is 12.6 Å². The van der Waals surface area contributed by atoms with Crippen molar-refractivity contribution in [3.8, 4) is 0 Å². The first-order valence-electron chi connectivity index (χ1n) is 5.34. The average Bonchev–Trinajstić information content (AvgIpc) is 2.32. The number of nitrogens with one attached hydrogen (secondary N) is 1. The van der Waals surface area contributed by atoms with Gasteiger partial charge in [0.2, 0.25) is 0 Å². The minimum atomic E-state index is -0.928. The number of hydrogen-bond donors (Lipinski definition) is 1. The second-order valence-electron chi connectivity index (χ2n) is 3.53. The van der Waals surface area contributed by atoms with E-state index in [1.165, 1.54) is 19.2 Å². The van der Waals surface area contributed by atoms with Crippen molar-refractivity contribution in [1.29, 1.82) is 0 Å². The molecular formula is C12H15F2NO2. The fourth-order valence-electron chi connectivity index (χ4n) is 1.58. The van der Waals surface area contributed by atoms with Crippen molar-refractivity contribution in [2.24, 2.45) is 0 Å². The Morgan fingerprint density at radius 2 is 2.18 bits per heavy atom. The molecule has 0 heterocycles. The maximum atomic E-state index is 13.6. The largest absolute Gasteiger partial charge is 0.469 e. The Balaban J connectivity index is 2.96. The second kappa shape index (κ2) is 6.30. The summed E-state index contributed by atoms with van der Waals surface area (Å²) in [6.45, 7) is 2.36. The molecule has 1 aromatic rings. The monoisotopic (exact) mass is 243 g/mol. The molecule has 3 nitrogen and oxygen atoms in total. The first-order chi connectivity index (χ1) is 8.10. The maximum Gasteiger partial charge on any atom is 0.307 e. The van der Waals surface area contributed by atoms with Gasteiger partial charge in [-0.25, -0.2) is 8.78 Å². The molecule has 0 aliphatic heterocycles. The fourth-order valence-corrected chi connectivity index (χ4v) is 1.58. The molecule has 1 unspecified atom stereocenters. The lowest BCUT2D eigenvalue weighted by Gasteiger charge is -2.17. The molecule has 0 aliphatic rings. The van der Waals surface area contributed by atoms with Crippen LogP contribution < -0.4 is 5.32 Å². The van der Waals surface area contributed by atoms with Crippen LogP contribution >= 0.6 is 0 Å². The minimum Gasteiger partial charge on any atom is -0.469 e. The van der Waals surface area contributed by atoms with Gasteiger partial charge in [-0.3, -0.25) is 4.79 Å². The molecule has 0 saturated carbocycles. The molecule has 17 heavy (non-hydrogen) atoms. The molecule has 5 heteroatoms. The van der Waals surface area contributed by atoms with Gasteiger partial charge in [-0.2, -0.15) is 0 Å². The molecule has 1 rings (SSSR count). The third-order valence-electron chi connectivity index (χ3n) is 2.41. The quantitative estimate of drug-likeness (QED) is 0.805. The predicted molar refractivity (Wildman–Crippen MR) is 59.4 cm³/mol. The van der Waals surface area contributed by atoms with Crippen molar-refractivity contribution in [1.82, 2.24) is 5.32 Å². The van der Waals surface area contributed by atoms with E-state index in [-0.39, 0.29) is 12.0 Å². The van der Waals surface area contributed by atoms with Gasteiger partial charge in [0.05, 0.1) is 13.5 Å². The van der Waals surface area contributed by atoms with E-state index < -0.39 is 23.6 Å². The molecule has 0 bridgehead atoms. The maximum absolute atomic E-state index is 13.6. The topological polar surface area (TPSA) is 38.3 Å².